The van der Waals surface area contributed by atoms with Crippen LogP contribution in [-0.4, -0.2) is 25.0 Å². The Morgan fingerprint density at radius 1 is 1.04 bits per heavy atom. The molecule has 4 nitrogen and oxygen atoms in total. The Morgan fingerprint density at radius 2 is 1.60 bits per heavy atom. The lowest BCUT2D eigenvalue weighted by Gasteiger charge is -2.17. The molecule has 0 aliphatic heterocycles. The van der Waals surface area contributed by atoms with Gasteiger partial charge in [0.25, 0.3) is 5.91 Å². The van der Waals surface area contributed by atoms with Gasteiger partial charge in [-0.2, -0.15) is 0 Å². The van der Waals surface area contributed by atoms with Crippen molar-refractivity contribution in [2.45, 2.75) is 57.9 Å². The first-order valence-electron chi connectivity index (χ1n) is 8.43. The van der Waals surface area contributed by atoms with E-state index in [0.717, 1.165) is 32.1 Å². The number of halogens is 3. The number of methoxy groups -OCH3 is 1. The SMILES string of the molecule is CCCCCCCC[C@@H](NC(=O)c1c(F)cc(F)cc1F)C(=O)OC. The number of hydrogen-bond acceptors (Lipinski definition) is 3. The minimum Gasteiger partial charge on any atom is -0.467 e. The quantitative estimate of drug-likeness (QED) is 0.505. The van der Waals surface area contributed by atoms with Crippen molar-refractivity contribution in [3.8, 4) is 0 Å². The van der Waals surface area contributed by atoms with E-state index in [-0.39, 0.29) is 0 Å². The molecule has 0 aliphatic rings. The highest BCUT2D eigenvalue weighted by Gasteiger charge is 2.25. The van der Waals surface area contributed by atoms with Crippen LogP contribution in [0.1, 0.15) is 62.2 Å². The maximum Gasteiger partial charge on any atom is 0.328 e. The van der Waals surface area contributed by atoms with Gasteiger partial charge in [0, 0.05) is 12.1 Å². The summed E-state index contributed by atoms with van der Waals surface area (Å²) in [5, 5.41) is 2.27. The maximum atomic E-state index is 13.7. The Kier molecular flexibility index (Phi) is 9.02. The van der Waals surface area contributed by atoms with Crippen LogP contribution in [0.3, 0.4) is 0 Å². The normalized spacial score (nSPS) is 11.9. The second kappa shape index (κ2) is 10.7. The number of nitrogens with one attached hydrogen (secondary N) is 1. The number of rotatable bonds is 10. The van der Waals surface area contributed by atoms with E-state index < -0.39 is 40.9 Å². The molecule has 0 aliphatic carbocycles. The third-order valence-electron chi connectivity index (χ3n) is 3.87. The first-order valence-corrected chi connectivity index (χ1v) is 8.43. The molecule has 0 aromatic heterocycles. The number of esters is 1. The summed E-state index contributed by atoms with van der Waals surface area (Å²) in [5.74, 6) is -5.57. The number of unbranched alkanes of at least 4 members (excludes halogenated alkanes) is 5. The summed E-state index contributed by atoms with van der Waals surface area (Å²) in [4.78, 5) is 23.9. The highest BCUT2D eigenvalue weighted by Crippen LogP contribution is 2.16. The van der Waals surface area contributed by atoms with Gasteiger partial charge in [-0.1, -0.05) is 45.4 Å². The van der Waals surface area contributed by atoms with Crippen molar-refractivity contribution in [3.63, 3.8) is 0 Å². The minimum absolute atomic E-state index is 0.301. The van der Waals surface area contributed by atoms with Crippen molar-refractivity contribution in [1.82, 2.24) is 5.32 Å². The smallest absolute Gasteiger partial charge is 0.328 e. The van der Waals surface area contributed by atoms with E-state index >= 15 is 0 Å². The van der Waals surface area contributed by atoms with Crippen LogP contribution in [0.2, 0.25) is 0 Å². The zero-order chi connectivity index (χ0) is 18.8. The fourth-order valence-corrected chi connectivity index (χ4v) is 2.51. The highest BCUT2D eigenvalue weighted by molar-refractivity contribution is 5.97. The van der Waals surface area contributed by atoms with E-state index in [1.165, 1.54) is 7.11 Å². The average Bonchev–Trinajstić information content (AvgIpc) is 2.55. The van der Waals surface area contributed by atoms with Crippen LogP contribution < -0.4 is 5.32 Å². The summed E-state index contributed by atoms with van der Waals surface area (Å²) in [6.07, 6.45) is 6.21. The van der Waals surface area contributed by atoms with Gasteiger partial charge in [-0.15, -0.1) is 0 Å². The van der Waals surface area contributed by atoms with Crippen molar-refractivity contribution in [2.75, 3.05) is 7.11 Å². The van der Waals surface area contributed by atoms with Crippen LogP contribution in [0.4, 0.5) is 13.2 Å². The Hall–Kier alpha value is -2.05. The lowest BCUT2D eigenvalue weighted by atomic mass is 10.0. The van der Waals surface area contributed by atoms with Gasteiger partial charge in [-0.25, -0.2) is 18.0 Å². The van der Waals surface area contributed by atoms with Gasteiger partial charge in [0.2, 0.25) is 0 Å². The molecule has 0 bridgehead atoms. The van der Waals surface area contributed by atoms with Gasteiger partial charge in [0.1, 0.15) is 29.1 Å². The zero-order valence-electron chi connectivity index (χ0n) is 14.5. The van der Waals surface area contributed by atoms with Crippen molar-refractivity contribution < 1.29 is 27.5 Å². The molecule has 0 fully saturated rings. The van der Waals surface area contributed by atoms with Gasteiger partial charge >= 0.3 is 5.97 Å². The fourth-order valence-electron chi connectivity index (χ4n) is 2.51. The molecule has 0 unspecified atom stereocenters. The third kappa shape index (κ3) is 6.76. The number of benzene rings is 1. The molecule has 1 aromatic rings. The molecule has 7 heteroatoms. The summed E-state index contributed by atoms with van der Waals surface area (Å²) in [6.45, 7) is 2.11. The predicted octanol–water partition coefficient (Wildman–Crippen LogP) is 4.13. The summed E-state index contributed by atoms with van der Waals surface area (Å²) in [6, 6.07) is -0.176. The lowest BCUT2D eigenvalue weighted by molar-refractivity contribution is -0.143. The largest absolute Gasteiger partial charge is 0.467 e. The van der Waals surface area contributed by atoms with Crippen molar-refractivity contribution in [3.05, 3.63) is 35.1 Å². The van der Waals surface area contributed by atoms with E-state index in [1.807, 2.05) is 0 Å². The molecule has 0 heterocycles. The van der Waals surface area contributed by atoms with E-state index in [0.29, 0.717) is 25.0 Å². The zero-order valence-corrected chi connectivity index (χ0v) is 14.5. The molecule has 0 saturated heterocycles. The van der Waals surface area contributed by atoms with E-state index in [9.17, 15) is 22.8 Å². The fraction of sp³-hybridized carbons (Fsp3) is 0.556. The molecule has 0 radical (unpaired) electrons. The van der Waals surface area contributed by atoms with E-state index in [2.05, 4.69) is 17.0 Å². The Labute approximate surface area is 145 Å². The van der Waals surface area contributed by atoms with Crippen molar-refractivity contribution in [1.29, 1.82) is 0 Å². The molecule has 25 heavy (non-hydrogen) atoms. The molecular weight excluding hydrogens is 335 g/mol. The molecule has 0 saturated carbocycles. The monoisotopic (exact) mass is 359 g/mol. The van der Waals surface area contributed by atoms with Gasteiger partial charge in [0.15, 0.2) is 0 Å². The summed E-state index contributed by atoms with van der Waals surface area (Å²) < 4.78 is 44.9. The number of hydrogen-bond donors (Lipinski definition) is 1. The molecular formula is C18H24F3NO3. The van der Waals surface area contributed by atoms with Crippen molar-refractivity contribution in [2.24, 2.45) is 0 Å². The second-order valence-electron chi connectivity index (χ2n) is 5.85. The summed E-state index contributed by atoms with van der Waals surface area (Å²) >= 11 is 0. The molecule has 1 aromatic carbocycles. The van der Waals surface area contributed by atoms with Crippen LogP contribution in [0, 0.1) is 17.5 Å². The topological polar surface area (TPSA) is 55.4 Å². The van der Waals surface area contributed by atoms with Crippen LogP contribution in [0.15, 0.2) is 12.1 Å². The number of carbonyl (C=O) groups excluding carboxylic acids is 2. The Bertz CT molecular complexity index is 570. The first-order chi connectivity index (χ1) is 11.9. The molecule has 1 rings (SSSR count). The van der Waals surface area contributed by atoms with Gasteiger partial charge in [-0.05, 0) is 6.42 Å². The summed E-state index contributed by atoms with van der Waals surface area (Å²) in [5.41, 5.74) is -0.918. The highest BCUT2D eigenvalue weighted by atomic mass is 19.1. The molecule has 140 valence electrons. The van der Waals surface area contributed by atoms with Gasteiger partial charge < -0.3 is 10.1 Å². The maximum absolute atomic E-state index is 13.7. The molecule has 1 atom stereocenters. The number of ether oxygens (including phenoxy) is 1. The Balaban J connectivity index is 2.69. The lowest BCUT2D eigenvalue weighted by Crippen LogP contribution is -2.42. The summed E-state index contributed by atoms with van der Waals surface area (Å²) in [7, 11) is 1.17. The van der Waals surface area contributed by atoms with Gasteiger partial charge in [0.05, 0.1) is 7.11 Å². The average molecular weight is 359 g/mol. The van der Waals surface area contributed by atoms with Crippen LogP contribution in [-0.2, 0) is 9.53 Å². The van der Waals surface area contributed by atoms with Gasteiger partial charge in [-0.3, -0.25) is 4.79 Å². The predicted molar refractivity (Wildman–Crippen MR) is 87.6 cm³/mol. The van der Waals surface area contributed by atoms with E-state index in [1.54, 1.807) is 0 Å². The standard InChI is InChI=1S/C18H24F3NO3/c1-3-4-5-6-7-8-9-15(18(24)25-2)22-17(23)16-13(20)10-12(19)11-14(16)21/h10-11,15H,3-9H2,1-2H3,(H,22,23)/t15-/m1/s1. The van der Waals surface area contributed by atoms with E-state index in [4.69, 9.17) is 0 Å². The van der Waals surface area contributed by atoms with Crippen LogP contribution in [0.25, 0.3) is 0 Å². The first kappa shape index (κ1) is 21.0. The molecule has 1 N–H and O–H groups in total. The molecule has 0 spiro atoms. The van der Waals surface area contributed by atoms with Crippen LogP contribution in [0.5, 0.6) is 0 Å². The Morgan fingerprint density at radius 3 is 2.16 bits per heavy atom. The minimum atomic E-state index is -1.32. The number of carbonyl (C=O) groups is 2. The van der Waals surface area contributed by atoms with Crippen LogP contribution >= 0.6 is 0 Å². The van der Waals surface area contributed by atoms with Crippen molar-refractivity contribution >= 4 is 11.9 Å². The number of amides is 1. The third-order valence-corrected chi connectivity index (χ3v) is 3.87. The molecule has 1 amide bonds. The second-order valence-corrected chi connectivity index (χ2v) is 5.85.